The summed E-state index contributed by atoms with van der Waals surface area (Å²) < 4.78 is 76.4. The number of alkyl halides is 6. The minimum atomic E-state index is -4.75. The first-order chi connectivity index (χ1) is 12.0. The monoisotopic (exact) mass is 377 g/mol. The topological polar surface area (TPSA) is 49.0 Å². The van der Waals surface area contributed by atoms with E-state index in [-0.39, 0.29) is 37.3 Å². The van der Waals surface area contributed by atoms with E-state index in [2.05, 4.69) is 4.98 Å². The number of nitrogens with one attached hydrogen (secondary N) is 1. The molecule has 140 valence electrons. The maximum atomic E-state index is 12.8. The van der Waals surface area contributed by atoms with E-state index in [1.807, 2.05) is 0 Å². The highest BCUT2D eigenvalue weighted by Crippen LogP contribution is 2.30. The molecular formula is C16H13F6N3O. The van der Waals surface area contributed by atoms with Gasteiger partial charge in [0.25, 0.3) is 5.56 Å². The number of hydrogen-bond donors (Lipinski definition) is 1. The molecule has 0 atom stereocenters. The van der Waals surface area contributed by atoms with Gasteiger partial charge in [-0.05, 0) is 11.6 Å². The van der Waals surface area contributed by atoms with Gasteiger partial charge in [-0.25, -0.2) is 4.98 Å². The molecule has 10 heteroatoms. The van der Waals surface area contributed by atoms with Gasteiger partial charge in [-0.3, -0.25) is 9.69 Å². The highest BCUT2D eigenvalue weighted by atomic mass is 19.4. The Bertz CT molecular complexity index is 872. The SMILES string of the molecule is O=c1[nH]c(C(F)(F)F)nc2c1CN(Cc1cccc(C(F)(F)F)c1)CC2. The maximum absolute atomic E-state index is 12.8. The van der Waals surface area contributed by atoms with Crippen molar-refractivity contribution in [3.05, 3.63) is 62.8 Å². The fraction of sp³-hybridized carbons (Fsp3) is 0.375. The fourth-order valence-electron chi connectivity index (χ4n) is 2.85. The van der Waals surface area contributed by atoms with E-state index in [0.29, 0.717) is 5.56 Å². The summed E-state index contributed by atoms with van der Waals surface area (Å²) in [6, 6.07) is 4.80. The van der Waals surface area contributed by atoms with Crippen LogP contribution in [0.2, 0.25) is 0 Å². The second-order valence-corrected chi connectivity index (χ2v) is 6.00. The zero-order valence-electron chi connectivity index (χ0n) is 13.2. The predicted molar refractivity (Wildman–Crippen MR) is 79.1 cm³/mol. The number of hydrogen-bond acceptors (Lipinski definition) is 3. The van der Waals surface area contributed by atoms with Crippen LogP contribution < -0.4 is 5.56 Å². The first kappa shape index (κ1) is 18.4. The van der Waals surface area contributed by atoms with Crippen LogP contribution in [0, 0.1) is 0 Å². The highest BCUT2D eigenvalue weighted by molar-refractivity contribution is 5.27. The Morgan fingerprint density at radius 3 is 2.50 bits per heavy atom. The van der Waals surface area contributed by atoms with E-state index in [4.69, 9.17) is 0 Å². The highest BCUT2D eigenvalue weighted by Gasteiger charge is 2.36. The van der Waals surface area contributed by atoms with Crippen LogP contribution in [0.4, 0.5) is 26.3 Å². The lowest BCUT2D eigenvalue weighted by Crippen LogP contribution is -2.36. The summed E-state index contributed by atoms with van der Waals surface area (Å²) in [4.78, 5) is 18.8. The molecule has 1 aromatic carbocycles. The molecule has 0 radical (unpaired) electrons. The van der Waals surface area contributed by atoms with Gasteiger partial charge >= 0.3 is 12.4 Å². The molecule has 0 amide bonds. The second-order valence-electron chi connectivity index (χ2n) is 6.00. The number of H-pyrrole nitrogens is 1. The summed E-state index contributed by atoms with van der Waals surface area (Å²) in [5.41, 5.74) is -1.07. The van der Waals surface area contributed by atoms with Crippen molar-refractivity contribution in [3.63, 3.8) is 0 Å². The van der Waals surface area contributed by atoms with Gasteiger partial charge in [-0.1, -0.05) is 18.2 Å². The number of aromatic amines is 1. The van der Waals surface area contributed by atoms with Crippen molar-refractivity contribution in [1.82, 2.24) is 14.9 Å². The zero-order valence-corrected chi connectivity index (χ0v) is 13.2. The summed E-state index contributed by atoms with van der Waals surface area (Å²) in [6.07, 6.45) is -9.09. The third kappa shape index (κ3) is 3.90. The van der Waals surface area contributed by atoms with E-state index in [0.717, 1.165) is 12.1 Å². The molecule has 1 N–H and O–H groups in total. The van der Waals surface area contributed by atoms with Crippen molar-refractivity contribution in [1.29, 1.82) is 0 Å². The molecule has 3 rings (SSSR count). The largest absolute Gasteiger partial charge is 0.449 e. The van der Waals surface area contributed by atoms with Crippen LogP contribution >= 0.6 is 0 Å². The third-order valence-corrected chi connectivity index (χ3v) is 4.08. The molecule has 0 spiro atoms. The van der Waals surface area contributed by atoms with Crippen molar-refractivity contribution >= 4 is 0 Å². The lowest BCUT2D eigenvalue weighted by Gasteiger charge is -2.28. The van der Waals surface area contributed by atoms with Crippen molar-refractivity contribution in [2.45, 2.75) is 31.9 Å². The Hall–Kier alpha value is -2.36. The number of aromatic nitrogens is 2. The van der Waals surface area contributed by atoms with Gasteiger partial charge in [0.15, 0.2) is 0 Å². The fourth-order valence-corrected chi connectivity index (χ4v) is 2.85. The molecule has 2 aromatic rings. The van der Waals surface area contributed by atoms with Gasteiger partial charge in [0.1, 0.15) is 0 Å². The maximum Gasteiger partial charge on any atom is 0.449 e. The van der Waals surface area contributed by atoms with Gasteiger partial charge in [0.2, 0.25) is 5.82 Å². The molecule has 1 aromatic heterocycles. The Kier molecular flexibility index (Phi) is 4.55. The van der Waals surface area contributed by atoms with E-state index < -0.39 is 29.3 Å². The van der Waals surface area contributed by atoms with Gasteiger partial charge in [0, 0.05) is 26.1 Å². The number of fused-ring (bicyclic) bond motifs is 1. The average molecular weight is 377 g/mol. The van der Waals surface area contributed by atoms with Crippen LogP contribution in [-0.4, -0.2) is 21.4 Å². The van der Waals surface area contributed by atoms with Gasteiger partial charge in [-0.2, -0.15) is 26.3 Å². The molecule has 4 nitrogen and oxygen atoms in total. The average Bonchev–Trinajstić information content (AvgIpc) is 2.54. The normalized spacial score (nSPS) is 15.8. The summed E-state index contributed by atoms with van der Waals surface area (Å²) >= 11 is 0. The lowest BCUT2D eigenvalue weighted by atomic mass is 10.0. The first-order valence-electron chi connectivity index (χ1n) is 7.62. The molecule has 0 unspecified atom stereocenters. The van der Waals surface area contributed by atoms with Crippen molar-refractivity contribution in [2.75, 3.05) is 6.54 Å². The number of nitrogens with zero attached hydrogens (tertiary/aromatic N) is 2. The Labute approximate surface area is 143 Å². The zero-order chi connectivity index (χ0) is 19.1. The van der Waals surface area contributed by atoms with Crippen molar-refractivity contribution < 1.29 is 26.3 Å². The Balaban J connectivity index is 1.80. The third-order valence-electron chi connectivity index (χ3n) is 4.08. The Morgan fingerprint density at radius 2 is 1.85 bits per heavy atom. The van der Waals surface area contributed by atoms with Crippen LogP contribution in [-0.2, 0) is 31.9 Å². The first-order valence-corrected chi connectivity index (χ1v) is 7.62. The Morgan fingerprint density at radius 1 is 1.12 bits per heavy atom. The quantitative estimate of drug-likeness (QED) is 0.817. The minimum absolute atomic E-state index is 0.0199. The van der Waals surface area contributed by atoms with Crippen LogP contribution in [0.5, 0.6) is 0 Å². The van der Waals surface area contributed by atoms with E-state index >= 15 is 0 Å². The minimum Gasteiger partial charge on any atom is -0.303 e. The molecule has 0 fully saturated rings. The lowest BCUT2D eigenvalue weighted by molar-refractivity contribution is -0.145. The van der Waals surface area contributed by atoms with Crippen LogP contribution in [0.1, 0.15) is 28.2 Å². The molecular weight excluding hydrogens is 364 g/mol. The molecule has 0 saturated heterocycles. The molecule has 0 aliphatic carbocycles. The molecule has 26 heavy (non-hydrogen) atoms. The number of halogens is 6. The van der Waals surface area contributed by atoms with Crippen LogP contribution in [0.3, 0.4) is 0 Å². The van der Waals surface area contributed by atoms with Gasteiger partial charge < -0.3 is 4.98 Å². The molecule has 2 heterocycles. The van der Waals surface area contributed by atoms with Gasteiger partial charge in [-0.15, -0.1) is 0 Å². The van der Waals surface area contributed by atoms with E-state index in [1.165, 1.54) is 12.1 Å². The van der Waals surface area contributed by atoms with Crippen molar-refractivity contribution in [2.24, 2.45) is 0 Å². The predicted octanol–water partition coefficient (Wildman–Crippen LogP) is 3.37. The summed E-state index contributed by atoms with van der Waals surface area (Å²) in [6.45, 7) is 0.451. The van der Waals surface area contributed by atoms with Gasteiger partial charge in [0.05, 0.1) is 16.8 Å². The van der Waals surface area contributed by atoms with Crippen LogP contribution in [0.15, 0.2) is 29.1 Å². The summed E-state index contributed by atoms with van der Waals surface area (Å²) in [5.74, 6) is -1.34. The smallest absolute Gasteiger partial charge is 0.303 e. The number of benzene rings is 1. The van der Waals surface area contributed by atoms with Crippen LogP contribution in [0.25, 0.3) is 0 Å². The van der Waals surface area contributed by atoms with Crippen molar-refractivity contribution in [3.8, 4) is 0 Å². The van der Waals surface area contributed by atoms with E-state index in [1.54, 1.807) is 9.88 Å². The molecule has 1 aliphatic heterocycles. The molecule has 0 bridgehead atoms. The summed E-state index contributed by atoms with van der Waals surface area (Å²) in [5, 5.41) is 0. The second kappa shape index (κ2) is 6.42. The standard InChI is InChI=1S/C16H13F6N3O/c17-15(18,19)10-3-1-2-9(6-10)7-25-5-4-12-11(8-25)13(26)24-14(23-12)16(20,21)22/h1-3,6H,4-5,7-8H2,(H,23,24,26). The van der Waals surface area contributed by atoms with E-state index in [9.17, 15) is 31.1 Å². The number of rotatable bonds is 2. The molecule has 0 saturated carbocycles. The summed E-state index contributed by atoms with van der Waals surface area (Å²) in [7, 11) is 0. The molecule has 1 aliphatic rings.